The lowest BCUT2D eigenvalue weighted by atomic mass is 10.2. The molecule has 1 aromatic heterocycles. The fraction of sp³-hybridized carbons (Fsp3) is 0.750. The molecule has 84 valence electrons. The number of hydrogen-bond donors (Lipinski definition) is 1. The third-order valence-corrected chi connectivity index (χ3v) is 2.74. The average molecular weight is 208 g/mol. The van der Waals surface area contributed by atoms with Crippen molar-refractivity contribution >= 4 is 0 Å². The summed E-state index contributed by atoms with van der Waals surface area (Å²) in [6.07, 6.45) is 5.38. The molecular weight excluding hydrogens is 188 g/mol. The zero-order valence-electron chi connectivity index (χ0n) is 9.62. The van der Waals surface area contributed by atoms with Gasteiger partial charge in [0.25, 0.3) is 0 Å². The first-order valence-corrected chi connectivity index (χ1v) is 5.87. The summed E-state index contributed by atoms with van der Waals surface area (Å²) in [6.45, 7) is 6.30. The normalized spacial score (nSPS) is 16.2. The van der Waals surface area contributed by atoms with Gasteiger partial charge in [0, 0.05) is 13.0 Å². The number of nitrogens with zero attached hydrogens (tertiary/aromatic N) is 1. The first kappa shape index (κ1) is 10.7. The predicted molar refractivity (Wildman–Crippen MR) is 59.5 cm³/mol. The molecule has 0 radical (unpaired) electrons. The van der Waals surface area contributed by atoms with Gasteiger partial charge in [-0.2, -0.15) is 0 Å². The van der Waals surface area contributed by atoms with Crippen molar-refractivity contribution in [3.05, 3.63) is 17.8 Å². The summed E-state index contributed by atoms with van der Waals surface area (Å²) >= 11 is 0. The molecule has 0 spiro atoms. The minimum absolute atomic E-state index is 0.684. The van der Waals surface area contributed by atoms with Crippen molar-refractivity contribution in [1.29, 1.82) is 0 Å². The van der Waals surface area contributed by atoms with Crippen LogP contribution in [-0.4, -0.2) is 11.5 Å². The van der Waals surface area contributed by atoms with E-state index < -0.39 is 0 Å². The van der Waals surface area contributed by atoms with Crippen molar-refractivity contribution in [1.82, 2.24) is 10.3 Å². The molecule has 0 bridgehead atoms. The van der Waals surface area contributed by atoms with Gasteiger partial charge in [-0.15, -0.1) is 0 Å². The summed E-state index contributed by atoms with van der Waals surface area (Å²) in [5.41, 5.74) is 1.10. The minimum Gasteiger partial charge on any atom is -0.448 e. The molecule has 1 N–H and O–H groups in total. The Morgan fingerprint density at radius 3 is 3.00 bits per heavy atom. The van der Waals surface area contributed by atoms with Crippen LogP contribution in [0.3, 0.4) is 0 Å². The van der Waals surface area contributed by atoms with Crippen LogP contribution in [-0.2, 0) is 13.0 Å². The summed E-state index contributed by atoms with van der Waals surface area (Å²) in [7, 11) is 0. The van der Waals surface area contributed by atoms with Crippen molar-refractivity contribution < 1.29 is 4.42 Å². The van der Waals surface area contributed by atoms with Gasteiger partial charge in [-0.25, -0.2) is 4.98 Å². The van der Waals surface area contributed by atoms with Gasteiger partial charge >= 0.3 is 0 Å². The summed E-state index contributed by atoms with van der Waals surface area (Å²) in [4.78, 5) is 4.26. The molecule has 0 amide bonds. The molecule has 1 heterocycles. The predicted octanol–water partition coefficient (Wildman–Crippen LogP) is 2.37. The van der Waals surface area contributed by atoms with E-state index in [2.05, 4.69) is 24.1 Å². The summed E-state index contributed by atoms with van der Waals surface area (Å²) < 4.78 is 5.42. The van der Waals surface area contributed by atoms with Gasteiger partial charge in [0.15, 0.2) is 6.39 Å². The maximum absolute atomic E-state index is 5.42. The van der Waals surface area contributed by atoms with Gasteiger partial charge in [0.2, 0.25) is 0 Å². The lowest BCUT2D eigenvalue weighted by Crippen LogP contribution is -2.19. The molecule has 2 rings (SSSR count). The molecule has 0 atom stereocenters. The van der Waals surface area contributed by atoms with Crippen LogP contribution in [0.25, 0.3) is 0 Å². The van der Waals surface area contributed by atoms with Crippen LogP contribution in [0.2, 0.25) is 0 Å². The Bertz CT molecular complexity index is 302. The topological polar surface area (TPSA) is 38.1 Å². The molecule has 15 heavy (non-hydrogen) atoms. The highest BCUT2D eigenvalue weighted by atomic mass is 16.3. The standard InChI is InChI=1S/C12H20N2O/c1-9(2)6-13-7-11-12(15-8-14-11)5-10-3-4-10/h8-10,13H,3-7H2,1-2H3. The minimum atomic E-state index is 0.684. The molecule has 0 aliphatic heterocycles. The number of nitrogens with one attached hydrogen (secondary N) is 1. The number of hydrogen-bond acceptors (Lipinski definition) is 3. The van der Waals surface area contributed by atoms with Crippen molar-refractivity contribution in [3.63, 3.8) is 0 Å². The van der Waals surface area contributed by atoms with E-state index in [0.717, 1.165) is 36.9 Å². The lowest BCUT2D eigenvalue weighted by molar-refractivity contribution is 0.484. The molecule has 3 heteroatoms. The quantitative estimate of drug-likeness (QED) is 0.780. The monoisotopic (exact) mass is 208 g/mol. The summed E-state index contributed by atoms with van der Waals surface area (Å²) in [5, 5.41) is 3.40. The van der Waals surface area contributed by atoms with E-state index in [0.29, 0.717) is 5.92 Å². The third-order valence-electron chi connectivity index (χ3n) is 2.74. The zero-order valence-corrected chi connectivity index (χ0v) is 9.62. The fourth-order valence-corrected chi connectivity index (χ4v) is 1.67. The largest absolute Gasteiger partial charge is 0.448 e. The Balaban J connectivity index is 1.81. The van der Waals surface area contributed by atoms with Gasteiger partial charge in [0.1, 0.15) is 5.76 Å². The van der Waals surface area contributed by atoms with Crippen molar-refractivity contribution in [2.45, 2.75) is 39.7 Å². The number of rotatable bonds is 6. The summed E-state index contributed by atoms with van der Waals surface area (Å²) in [5.74, 6) is 2.64. The first-order valence-electron chi connectivity index (χ1n) is 5.87. The van der Waals surface area contributed by atoms with Crippen molar-refractivity contribution in [2.75, 3.05) is 6.54 Å². The van der Waals surface area contributed by atoms with E-state index >= 15 is 0 Å². The second-order valence-electron chi connectivity index (χ2n) is 4.89. The van der Waals surface area contributed by atoms with Gasteiger partial charge < -0.3 is 9.73 Å². The van der Waals surface area contributed by atoms with E-state index in [-0.39, 0.29) is 0 Å². The second-order valence-corrected chi connectivity index (χ2v) is 4.89. The van der Waals surface area contributed by atoms with Gasteiger partial charge in [-0.1, -0.05) is 13.8 Å². The van der Waals surface area contributed by atoms with Crippen LogP contribution in [0.1, 0.15) is 38.1 Å². The maximum atomic E-state index is 5.42. The van der Waals surface area contributed by atoms with Gasteiger partial charge in [-0.05, 0) is 31.2 Å². The molecule has 0 aromatic carbocycles. The highest BCUT2D eigenvalue weighted by molar-refractivity contribution is 5.09. The van der Waals surface area contributed by atoms with Gasteiger partial charge in [-0.3, -0.25) is 0 Å². The number of aromatic nitrogens is 1. The van der Waals surface area contributed by atoms with Crippen LogP contribution in [0.4, 0.5) is 0 Å². The lowest BCUT2D eigenvalue weighted by Gasteiger charge is -2.06. The molecular formula is C12H20N2O. The highest BCUT2D eigenvalue weighted by Gasteiger charge is 2.24. The molecule has 1 aliphatic rings. The molecule has 1 saturated carbocycles. The maximum Gasteiger partial charge on any atom is 0.181 e. The number of oxazole rings is 1. The third kappa shape index (κ3) is 3.34. The van der Waals surface area contributed by atoms with Crippen LogP contribution >= 0.6 is 0 Å². The fourth-order valence-electron chi connectivity index (χ4n) is 1.67. The second kappa shape index (κ2) is 4.79. The Labute approximate surface area is 91.3 Å². The molecule has 0 saturated heterocycles. The van der Waals surface area contributed by atoms with E-state index in [1.807, 2.05) is 0 Å². The van der Waals surface area contributed by atoms with Crippen LogP contribution in [0.5, 0.6) is 0 Å². The average Bonchev–Trinajstić information content (AvgIpc) is 2.87. The molecule has 1 aromatic rings. The van der Waals surface area contributed by atoms with E-state index in [4.69, 9.17) is 4.42 Å². The summed E-state index contributed by atoms with van der Waals surface area (Å²) in [6, 6.07) is 0. The van der Waals surface area contributed by atoms with Crippen LogP contribution in [0, 0.1) is 11.8 Å². The first-order chi connectivity index (χ1) is 7.25. The van der Waals surface area contributed by atoms with E-state index in [1.54, 1.807) is 6.39 Å². The molecule has 1 aliphatic carbocycles. The van der Waals surface area contributed by atoms with E-state index in [9.17, 15) is 0 Å². The van der Waals surface area contributed by atoms with Crippen LogP contribution < -0.4 is 5.32 Å². The van der Waals surface area contributed by atoms with Crippen molar-refractivity contribution in [3.8, 4) is 0 Å². The molecule has 3 nitrogen and oxygen atoms in total. The Hall–Kier alpha value is -0.830. The smallest absolute Gasteiger partial charge is 0.181 e. The molecule has 0 unspecified atom stereocenters. The molecule has 1 fully saturated rings. The van der Waals surface area contributed by atoms with Crippen molar-refractivity contribution in [2.24, 2.45) is 11.8 Å². The Morgan fingerprint density at radius 1 is 1.53 bits per heavy atom. The van der Waals surface area contributed by atoms with E-state index in [1.165, 1.54) is 12.8 Å². The SMILES string of the molecule is CC(C)CNCc1ncoc1CC1CC1. The van der Waals surface area contributed by atoms with Crippen LogP contribution in [0.15, 0.2) is 10.8 Å². The Kier molecular flexibility index (Phi) is 3.41. The van der Waals surface area contributed by atoms with Gasteiger partial charge in [0.05, 0.1) is 5.69 Å². The zero-order chi connectivity index (χ0) is 10.7. The highest BCUT2D eigenvalue weighted by Crippen LogP contribution is 2.33. The Morgan fingerprint density at radius 2 is 2.33 bits per heavy atom.